The molecule has 0 bridgehead atoms. The lowest BCUT2D eigenvalue weighted by Crippen LogP contribution is -2.21. The third kappa shape index (κ3) is 2.69. The van der Waals surface area contributed by atoms with Crippen molar-refractivity contribution in [2.45, 2.75) is 6.54 Å². The van der Waals surface area contributed by atoms with E-state index in [1.165, 1.54) is 0 Å². The summed E-state index contributed by atoms with van der Waals surface area (Å²) in [6.45, 7) is 0.473. The maximum Gasteiger partial charge on any atom is 0.261 e. The molecule has 5 nitrogen and oxygen atoms in total. The summed E-state index contributed by atoms with van der Waals surface area (Å²) in [6, 6.07) is 21.5. The van der Waals surface area contributed by atoms with E-state index in [-0.39, 0.29) is 5.56 Å². The fourth-order valence-corrected chi connectivity index (χ4v) is 3.39. The van der Waals surface area contributed by atoms with Gasteiger partial charge < -0.3 is 0 Å². The Morgan fingerprint density at radius 2 is 1.78 bits per heavy atom. The molecule has 0 radical (unpaired) electrons. The largest absolute Gasteiger partial charge is 0.300 e. The minimum Gasteiger partial charge on any atom is -0.300 e. The molecule has 0 aliphatic rings. The van der Waals surface area contributed by atoms with Crippen molar-refractivity contribution in [2.24, 2.45) is 0 Å². The Morgan fingerprint density at radius 3 is 2.74 bits per heavy atom. The van der Waals surface area contributed by atoms with Crippen LogP contribution in [0, 0.1) is 0 Å². The fourth-order valence-electron chi connectivity index (χ4n) is 3.39. The van der Waals surface area contributed by atoms with Crippen LogP contribution in [0.4, 0.5) is 0 Å². The van der Waals surface area contributed by atoms with Crippen LogP contribution >= 0.6 is 0 Å². The van der Waals surface area contributed by atoms with Crippen LogP contribution in [0.25, 0.3) is 27.8 Å². The number of hydrogen-bond donors (Lipinski definition) is 0. The average molecular weight is 352 g/mol. The highest BCUT2D eigenvalue weighted by Gasteiger charge is 2.08. The lowest BCUT2D eigenvalue weighted by molar-refractivity contribution is 0.748. The predicted molar refractivity (Wildman–Crippen MR) is 106 cm³/mol. The van der Waals surface area contributed by atoms with Gasteiger partial charge in [-0.15, -0.1) is 0 Å². The first-order chi connectivity index (χ1) is 13.3. The second kappa shape index (κ2) is 6.21. The van der Waals surface area contributed by atoms with Gasteiger partial charge in [0.2, 0.25) is 0 Å². The molecule has 0 atom stereocenters. The maximum absolute atomic E-state index is 12.7. The van der Waals surface area contributed by atoms with Crippen LogP contribution in [0.3, 0.4) is 0 Å². The highest BCUT2D eigenvalue weighted by molar-refractivity contribution is 5.76. The van der Waals surface area contributed by atoms with Crippen molar-refractivity contribution < 1.29 is 0 Å². The van der Waals surface area contributed by atoms with Gasteiger partial charge in [0.1, 0.15) is 5.65 Å². The van der Waals surface area contributed by atoms with E-state index in [0.29, 0.717) is 11.9 Å². The summed E-state index contributed by atoms with van der Waals surface area (Å²) in [5.74, 6) is 0. The highest BCUT2D eigenvalue weighted by atomic mass is 16.1. The topological polar surface area (TPSA) is 52.2 Å². The summed E-state index contributed by atoms with van der Waals surface area (Å²) in [5, 5.41) is 0.637. The highest BCUT2D eigenvalue weighted by Crippen LogP contribution is 2.22. The molecular formula is C22H16N4O. The molecule has 0 saturated heterocycles. The van der Waals surface area contributed by atoms with Crippen molar-refractivity contribution in [3.63, 3.8) is 0 Å². The zero-order chi connectivity index (χ0) is 18.2. The van der Waals surface area contributed by atoms with Crippen LogP contribution in [0.1, 0.15) is 5.56 Å². The van der Waals surface area contributed by atoms with Gasteiger partial charge in [-0.1, -0.05) is 36.4 Å². The first kappa shape index (κ1) is 15.5. The van der Waals surface area contributed by atoms with E-state index in [2.05, 4.69) is 26.5 Å². The van der Waals surface area contributed by atoms with Crippen molar-refractivity contribution in [3.05, 3.63) is 101 Å². The van der Waals surface area contributed by atoms with E-state index < -0.39 is 0 Å². The molecule has 0 N–H and O–H groups in total. The average Bonchev–Trinajstić information content (AvgIpc) is 3.15. The number of fused-ring (bicyclic) bond motifs is 2. The van der Waals surface area contributed by atoms with E-state index in [1.807, 2.05) is 67.0 Å². The van der Waals surface area contributed by atoms with Crippen molar-refractivity contribution in [1.82, 2.24) is 18.9 Å². The molecule has 0 saturated carbocycles. The van der Waals surface area contributed by atoms with E-state index in [0.717, 1.165) is 28.0 Å². The Balaban J connectivity index is 1.55. The smallest absolute Gasteiger partial charge is 0.261 e. The molecule has 0 unspecified atom stereocenters. The molecule has 0 amide bonds. The molecule has 0 spiro atoms. The number of pyridine rings is 1. The van der Waals surface area contributed by atoms with E-state index >= 15 is 0 Å². The monoisotopic (exact) mass is 352 g/mol. The lowest BCUT2D eigenvalue weighted by Gasteiger charge is -2.09. The van der Waals surface area contributed by atoms with Gasteiger partial charge in [-0.25, -0.2) is 9.97 Å². The predicted octanol–water partition coefficient (Wildman–Crippen LogP) is 3.76. The molecule has 5 rings (SSSR count). The molecule has 3 heterocycles. The first-order valence-electron chi connectivity index (χ1n) is 8.75. The number of benzene rings is 2. The number of hydrogen-bond acceptors (Lipinski definition) is 3. The zero-order valence-electron chi connectivity index (χ0n) is 14.5. The standard InChI is InChI=1S/C22H16N4O/c27-22-18-8-1-2-9-19(18)24-15-25(22)14-16-6-5-7-17(12-16)20-13-23-21-10-3-4-11-26(20)21/h1-13,15H,14H2. The van der Waals surface area contributed by atoms with Crippen molar-refractivity contribution in [3.8, 4) is 11.3 Å². The van der Waals surface area contributed by atoms with E-state index in [4.69, 9.17) is 0 Å². The molecule has 130 valence electrons. The van der Waals surface area contributed by atoms with E-state index in [1.54, 1.807) is 10.9 Å². The van der Waals surface area contributed by atoms with Gasteiger partial charge in [-0.2, -0.15) is 0 Å². The molecule has 27 heavy (non-hydrogen) atoms. The van der Waals surface area contributed by atoms with Crippen LogP contribution in [0.5, 0.6) is 0 Å². The SMILES string of the molecule is O=c1c2ccccc2ncn1Cc1cccc(-c2cnc3ccccn23)c1. The van der Waals surface area contributed by atoms with Crippen LogP contribution in [0.2, 0.25) is 0 Å². The molecule has 5 aromatic rings. The van der Waals surface area contributed by atoms with Crippen molar-refractivity contribution >= 4 is 16.6 Å². The maximum atomic E-state index is 12.7. The van der Waals surface area contributed by atoms with Crippen LogP contribution < -0.4 is 5.56 Å². The van der Waals surface area contributed by atoms with Crippen molar-refractivity contribution in [1.29, 1.82) is 0 Å². The third-order valence-corrected chi connectivity index (χ3v) is 4.72. The summed E-state index contributed by atoms with van der Waals surface area (Å²) in [6.07, 6.45) is 5.49. The summed E-state index contributed by atoms with van der Waals surface area (Å²) in [7, 11) is 0. The van der Waals surface area contributed by atoms with E-state index in [9.17, 15) is 4.79 Å². The summed E-state index contributed by atoms with van der Waals surface area (Å²) in [5.41, 5.74) is 4.73. The Morgan fingerprint density at radius 1 is 0.889 bits per heavy atom. The quantitative estimate of drug-likeness (QED) is 0.497. The Hall–Kier alpha value is -3.73. The number of para-hydroxylation sites is 1. The number of imidazole rings is 1. The Bertz CT molecular complexity index is 1330. The van der Waals surface area contributed by atoms with Crippen molar-refractivity contribution in [2.75, 3.05) is 0 Å². The summed E-state index contributed by atoms with van der Waals surface area (Å²) < 4.78 is 3.71. The van der Waals surface area contributed by atoms with Crippen LogP contribution in [-0.4, -0.2) is 18.9 Å². The zero-order valence-corrected chi connectivity index (χ0v) is 14.5. The Labute approximate surface area is 155 Å². The molecule has 5 heteroatoms. The molecule has 0 aliphatic heterocycles. The molecular weight excluding hydrogens is 336 g/mol. The second-order valence-corrected chi connectivity index (χ2v) is 6.47. The summed E-state index contributed by atoms with van der Waals surface area (Å²) >= 11 is 0. The van der Waals surface area contributed by atoms with Gasteiger partial charge in [0.15, 0.2) is 0 Å². The van der Waals surface area contributed by atoms with Crippen LogP contribution in [-0.2, 0) is 6.54 Å². The fraction of sp³-hybridized carbons (Fsp3) is 0.0455. The minimum atomic E-state index is -0.0270. The van der Waals surface area contributed by atoms with Gasteiger partial charge in [-0.3, -0.25) is 13.8 Å². The molecule has 2 aromatic carbocycles. The lowest BCUT2D eigenvalue weighted by atomic mass is 10.1. The molecule has 3 aromatic heterocycles. The van der Waals surface area contributed by atoms with Gasteiger partial charge in [0, 0.05) is 11.8 Å². The molecule has 0 fully saturated rings. The molecule has 0 aliphatic carbocycles. The number of nitrogens with zero attached hydrogens (tertiary/aromatic N) is 4. The summed E-state index contributed by atoms with van der Waals surface area (Å²) in [4.78, 5) is 21.6. The number of rotatable bonds is 3. The third-order valence-electron chi connectivity index (χ3n) is 4.72. The first-order valence-corrected chi connectivity index (χ1v) is 8.75. The second-order valence-electron chi connectivity index (χ2n) is 6.47. The van der Waals surface area contributed by atoms with Gasteiger partial charge in [0.05, 0.1) is 35.7 Å². The Kier molecular flexibility index (Phi) is 3.57. The van der Waals surface area contributed by atoms with Gasteiger partial charge in [-0.05, 0) is 35.9 Å². The van der Waals surface area contributed by atoms with Gasteiger partial charge >= 0.3 is 0 Å². The minimum absolute atomic E-state index is 0.0270. The van der Waals surface area contributed by atoms with Crippen LogP contribution in [0.15, 0.2) is 90.2 Å². The number of aromatic nitrogens is 4. The van der Waals surface area contributed by atoms with Gasteiger partial charge in [0.25, 0.3) is 5.56 Å². The normalized spacial score (nSPS) is 11.3.